The molecule has 0 aromatic carbocycles. The zero-order valence-electron chi connectivity index (χ0n) is 11.9. The Morgan fingerprint density at radius 3 is 2.41 bits per heavy atom. The summed E-state index contributed by atoms with van der Waals surface area (Å²) >= 11 is 0. The maximum Gasteiger partial charge on any atom is 0.233 e. The van der Waals surface area contributed by atoms with Crippen molar-refractivity contribution in [2.75, 3.05) is 6.54 Å². The van der Waals surface area contributed by atoms with Crippen LogP contribution >= 0.6 is 0 Å². The van der Waals surface area contributed by atoms with Gasteiger partial charge in [-0.2, -0.15) is 0 Å². The highest BCUT2D eigenvalue weighted by molar-refractivity contribution is 4.90. The van der Waals surface area contributed by atoms with Crippen LogP contribution in [-0.4, -0.2) is 16.7 Å². The van der Waals surface area contributed by atoms with Crippen LogP contribution in [-0.2, 0) is 6.42 Å². The van der Waals surface area contributed by atoms with E-state index < -0.39 is 0 Å². The lowest BCUT2D eigenvalue weighted by Gasteiger charge is -2.25. The smallest absolute Gasteiger partial charge is 0.233 e. The third kappa shape index (κ3) is 4.11. The second-order valence-corrected chi connectivity index (χ2v) is 5.78. The van der Waals surface area contributed by atoms with Gasteiger partial charge < -0.3 is 9.73 Å². The van der Waals surface area contributed by atoms with Crippen LogP contribution in [0.5, 0.6) is 0 Å². The molecule has 0 saturated carbocycles. The summed E-state index contributed by atoms with van der Waals surface area (Å²) in [7, 11) is 0. The third-order valence-corrected chi connectivity index (χ3v) is 3.32. The summed E-state index contributed by atoms with van der Waals surface area (Å²) in [4.78, 5) is 0. The maximum absolute atomic E-state index is 5.68. The van der Waals surface area contributed by atoms with Gasteiger partial charge in [0.2, 0.25) is 11.8 Å². The van der Waals surface area contributed by atoms with Gasteiger partial charge in [-0.1, -0.05) is 34.6 Å². The van der Waals surface area contributed by atoms with E-state index in [-0.39, 0.29) is 11.5 Å². The van der Waals surface area contributed by atoms with E-state index >= 15 is 0 Å². The van der Waals surface area contributed by atoms with Gasteiger partial charge in [0.25, 0.3) is 0 Å². The Morgan fingerprint density at radius 1 is 1.24 bits per heavy atom. The van der Waals surface area contributed by atoms with Crippen molar-refractivity contribution in [3.05, 3.63) is 11.8 Å². The molecule has 2 unspecified atom stereocenters. The van der Waals surface area contributed by atoms with Crippen LogP contribution in [0.15, 0.2) is 4.42 Å². The minimum atomic E-state index is 0.131. The molecule has 4 nitrogen and oxygen atoms in total. The van der Waals surface area contributed by atoms with Crippen molar-refractivity contribution in [1.82, 2.24) is 15.5 Å². The predicted octanol–water partition coefficient (Wildman–Crippen LogP) is 2.96. The van der Waals surface area contributed by atoms with Crippen LogP contribution < -0.4 is 5.32 Å². The lowest BCUT2D eigenvalue weighted by molar-refractivity contribution is 0.242. The van der Waals surface area contributed by atoms with Crippen molar-refractivity contribution in [2.45, 2.75) is 54.0 Å². The number of rotatable bonds is 5. The van der Waals surface area contributed by atoms with Gasteiger partial charge in [0, 0.05) is 6.42 Å². The Bertz CT molecular complexity index is 341. The molecule has 1 heterocycles. The molecular weight excluding hydrogens is 214 g/mol. The summed E-state index contributed by atoms with van der Waals surface area (Å²) in [5, 5.41) is 11.5. The van der Waals surface area contributed by atoms with E-state index in [0.717, 1.165) is 18.9 Å². The first-order chi connectivity index (χ1) is 7.84. The molecule has 0 spiro atoms. The van der Waals surface area contributed by atoms with Gasteiger partial charge in [-0.05, 0) is 24.8 Å². The lowest BCUT2D eigenvalue weighted by Crippen LogP contribution is -2.19. The van der Waals surface area contributed by atoms with Gasteiger partial charge in [0.15, 0.2) is 0 Å². The SMILES string of the molecule is CCNC(C)c1nnc(CC(C)C(C)(C)C)o1. The standard InChI is InChI=1S/C13H25N3O/c1-7-14-10(3)12-16-15-11(17-12)8-9(2)13(4,5)6/h9-10,14H,7-8H2,1-6H3. The first-order valence-electron chi connectivity index (χ1n) is 6.40. The molecule has 2 atom stereocenters. The Labute approximate surface area is 104 Å². The van der Waals surface area contributed by atoms with Crippen molar-refractivity contribution in [3.63, 3.8) is 0 Å². The zero-order chi connectivity index (χ0) is 13.1. The van der Waals surface area contributed by atoms with Crippen LogP contribution in [0.3, 0.4) is 0 Å². The number of nitrogens with zero attached hydrogens (tertiary/aromatic N) is 2. The summed E-state index contributed by atoms with van der Waals surface area (Å²) in [6.45, 7) is 13.9. The molecule has 0 amide bonds. The maximum atomic E-state index is 5.68. The average molecular weight is 239 g/mol. The Hall–Kier alpha value is -0.900. The predicted molar refractivity (Wildman–Crippen MR) is 68.7 cm³/mol. The minimum Gasteiger partial charge on any atom is -0.424 e. The molecule has 0 aliphatic heterocycles. The minimum absolute atomic E-state index is 0.131. The van der Waals surface area contributed by atoms with Crippen molar-refractivity contribution in [2.24, 2.45) is 11.3 Å². The van der Waals surface area contributed by atoms with E-state index in [1.165, 1.54) is 0 Å². The number of hydrogen-bond acceptors (Lipinski definition) is 4. The summed E-state index contributed by atoms with van der Waals surface area (Å²) < 4.78 is 5.68. The molecule has 0 aliphatic carbocycles. The highest BCUT2D eigenvalue weighted by Gasteiger charge is 2.23. The van der Waals surface area contributed by atoms with Crippen LogP contribution in [0.1, 0.15) is 59.4 Å². The number of hydrogen-bond donors (Lipinski definition) is 1. The van der Waals surface area contributed by atoms with Crippen molar-refractivity contribution in [1.29, 1.82) is 0 Å². The molecule has 0 saturated heterocycles. The molecule has 1 N–H and O–H groups in total. The van der Waals surface area contributed by atoms with E-state index in [0.29, 0.717) is 11.8 Å². The van der Waals surface area contributed by atoms with Crippen LogP contribution in [0.4, 0.5) is 0 Å². The Kier molecular flexibility index (Phi) is 4.69. The zero-order valence-corrected chi connectivity index (χ0v) is 11.9. The van der Waals surface area contributed by atoms with Crippen molar-refractivity contribution in [3.8, 4) is 0 Å². The summed E-state index contributed by atoms with van der Waals surface area (Å²) in [5.74, 6) is 1.94. The van der Waals surface area contributed by atoms with Crippen LogP contribution in [0.25, 0.3) is 0 Å². The number of nitrogens with one attached hydrogen (secondary N) is 1. The fourth-order valence-electron chi connectivity index (χ4n) is 1.49. The van der Waals surface area contributed by atoms with Crippen molar-refractivity contribution < 1.29 is 4.42 Å². The molecule has 1 aromatic heterocycles. The molecule has 98 valence electrons. The average Bonchev–Trinajstić information content (AvgIpc) is 2.65. The second kappa shape index (κ2) is 5.63. The van der Waals surface area contributed by atoms with E-state index in [1.807, 2.05) is 6.92 Å². The molecule has 0 bridgehead atoms. The molecule has 1 aromatic rings. The van der Waals surface area contributed by atoms with Gasteiger partial charge in [0.05, 0.1) is 6.04 Å². The van der Waals surface area contributed by atoms with Gasteiger partial charge in [-0.25, -0.2) is 0 Å². The lowest BCUT2D eigenvalue weighted by atomic mass is 9.80. The third-order valence-electron chi connectivity index (χ3n) is 3.32. The second-order valence-electron chi connectivity index (χ2n) is 5.78. The molecular formula is C13H25N3O. The summed E-state index contributed by atoms with van der Waals surface area (Å²) in [5.41, 5.74) is 0.266. The largest absolute Gasteiger partial charge is 0.424 e. The van der Waals surface area contributed by atoms with Gasteiger partial charge in [-0.15, -0.1) is 10.2 Å². The van der Waals surface area contributed by atoms with Gasteiger partial charge in [0.1, 0.15) is 0 Å². The first kappa shape index (κ1) is 14.2. The Morgan fingerprint density at radius 2 is 1.88 bits per heavy atom. The quantitative estimate of drug-likeness (QED) is 0.858. The van der Waals surface area contributed by atoms with Crippen LogP contribution in [0.2, 0.25) is 0 Å². The van der Waals surface area contributed by atoms with Crippen molar-refractivity contribution >= 4 is 0 Å². The summed E-state index contributed by atoms with van der Waals surface area (Å²) in [6.07, 6.45) is 0.843. The van der Waals surface area contributed by atoms with E-state index in [1.54, 1.807) is 0 Å². The van der Waals surface area contributed by atoms with Gasteiger partial charge >= 0.3 is 0 Å². The van der Waals surface area contributed by atoms with E-state index in [4.69, 9.17) is 4.42 Å². The molecule has 0 radical (unpaired) electrons. The monoisotopic (exact) mass is 239 g/mol. The molecule has 0 aliphatic rings. The fourth-order valence-corrected chi connectivity index (χ4v) is 1.49. The first-order valence-corrected chi connectivity index (χ1v) is 6.40. The molecule has 4 heteroatoms. The van der Waals surface area contributed by atoms with E-state index in [9.17, 15) is 0 Å². The molecule has 17 heavy (non-hydrogen) atoms. The summed E-state index contributed by atoms with van der Waals surface area (Å²) in [6, 6.07) is 0.131. The Balaban J connectivity index is 2.63. The molecule has 1 rings (SSSR count). The number of aromatic nitrogens is 2. The molecule has 0 fully saturated rings. The van der Waals surface area contributed by atoms with Gasteiger partial charge in [-0.3, -0.25) is 0 Å². The topological polar surface area (TPSA) is 51.0 Å². The highest BCUT2D eigenvalue weighted by Crippen LogP contribution is 2.28. The van der Waals surface area contributed by atoms with E-state index in [2.05, 4.69) is 50.1 Å². The highest BCUT2D eigenvalue weighted by atomic mass is 16.4. The van der Waals surface area contributed by atoms with Crippen LogP contribution in [0, 0.1) is 11.3 Å². The fraction of sp³-hybridized carbons (Fsp3) is 0.846. The normalized spacial score (nSPS) is 15.9.